The molecule has 1 heterocycles. The minimum atomic E-state index is 0.151. The zero-order valence-corrected chi connectivity index (χ0v) is 5.65. The summed E-state index contributed by atoms with van der Waals surface area (Å²) in [5.41, 5.74) is 0.151. The molecule has 0 atom stereocenters. The van der Waals surface area contributed by atoms with Gasteiger partial charge in [-0.05, 0) is 25.7 Å². The van der Waals surface area contributed by atoms with E-state index in [1.54, 1.807) is 0 Å². The van der Waals surface area contributed by atoms with Crippen LogP contribution in [0.25, 0.3) is 0 Å². The molecule has 1 N–H and O–H groups in total. The lowest BCUT2D eigenvalue weighted by atomic mass is 9.90. The minimum absolute atomic E-state index is 0.151. The van der Waals surface area contributed by atoms with Crippen LogP contribution in [0.15, 0.2) is 0 Å². The Balaban J connectivity index is 1.93. The fraction of sp³-hybridized carbons (Fsp3) is 1.00. The molecule has 1 saturated heterocycles. The van der Waals surface area contributed by atoms with Gasteiger partial charge in [0.15, 0.2) is 0 Å². The van der Waals surface area contributed by atoms with Gasteiger partial charge in [-0.25, -0.2) is 0 Å². The summed E-state index contributed by atoms with van der Waals surface area (Å²) in [4.78, 5) is 0. The summed E-state index contributed by atoms with van der Waals surface area (Å²) in [5.74, 6) is 0. The van der Waals surface area contributed by atoms with Gasteiger partial charge in [0.05, 0.1) is 0 Å². The van der Waals surface area contributed by atoms with Crippen molar-refractivity contribution < 1.29 is 4.74 Å². The van der Waals surface area contributed by atoms with Crippen LogP contribution in [0, 0.1) is 0 Å². The molecule has 2 aliphatic rings. The molecule has 1 spiro atoms. The van der Waals surface area contributed by atoms with Crippen LogP contribution in [-0.4, -0.2) is 12.5 Å². The lowest BCUT2D eigenvalue weighted by Gasteiger charge is -2.45. The highest BCUT2D eigenvalue weighted by Gasteiger charge is 2.38. The first-order valence-electron chi connectivity index (χ1n) is 3.80. The molecule has 0 bridgehead atoms. The van der Waals surface area contributed by atoms with Gasteiger partial charge in [0.2, 0.25) is 0 Å². The van der Waals surface area contributed by atoms with Gasteiger partial charge in [0.1, 0.15) is 12.5 Å². The third kappa shape index (κ3) is 0.864. The van der Waals surface area contributed by atoms with Crippen molar-refractivity contribution in [1.82, 2.24) is 5.32 Å². The van der Waals surface area contributed by atoms with Crippen LogP contribution in [0.2, 0.25) is 0 Å². The maximum atomic E-state index is 5.45. The predicted octanol–water partition coefficient (Wildman–Crippen LogP) is 1.22. The van der Waals surface area contributed by atoms with Crippen molar-refractivity contribution in [1.29, 1.82) is 0 Å². The highest BCUT2D eigenvalue weighted by molar-refractivity contribution is 4.85. The Morgan fingerprint density at radius 2 is 1.78 bits per heavy atom. The standard InChI is InChI=1S/C7H13NO/c1-2-4-7(5-3-1)8-6-9-7/h8H,1-6H2. The minimum Gasteiger partial charge on any atom is -0.345 e. The molecule has 1 saturated carbocycles. The zero-order valence-electron chi connectivity index (χ0n) is 5.65. The van der Waals surface area contributed by atoms with Crippen molar-refractivity contribution in [3.05, 3.63) is 0 Å². The van der Waals surface area contributed by atoms with Crippen LogP contribution >= 0.6 is 0 Å². The van der Waals surface area contributed by atoms with Gasteiger partial charge in [-0.1, -0.05) is 6.42 Å². The lowest BCUT2D eigenvalue weighted by Crippen LogP contribution is -2.60. The van der Waals surface area contributed by atoms with Crippen LogP contribution in [0.5, 0.6) is 0 Å². The topological polar surface area (TPSA) is 21.3 Å². The van der Waals surface area contributed by atoms with E-state index in [0.29, 0.717) is 0 Å². The molecule has 2 heteroatoms. The monoisotopic (exact) mass is 127 g/mol. The largest absolute Gasteiger partial charge is 0.345 e. The second-order valence-electron chi connectivity index (χ2n) is 3.02. The Bertz CT molecular complexity index is 101. The van der Waals surface area contributed by atoms with E-state index in [2.05, 4.69) is 5.32 Å². The zero-order chi connectivity index (χ0) is 6.16. The van der Waals surface area contributed by atoms with E-state index in [4.69, 9.17) is 4.74 Å². The molecule has 2 fully saturated rings. The molecule has 0 aromatic rings. The Kier molecular flexibility index (Phi) is 1.24. The predicted molar refractivity (Wildman–Crippen MR) is 34.9 cm³/mol. The molecule has 2 nitrogen and oxygen atoms in total. The van der Waals surface area contributed by atoms with E-state index in [1.807, 2.05) is 0 Å². The van der Waals surface area contributed by atoms with E-state index >= 15 is 0 Å². The summed E-state index contributed by atoms with van der Waals surface area (Å²) in [7, 11) is 0. The molecule has 1 aliphatic heterocycles. The maximum Gasteiger partial charge on any atom is 0.122 e. The van der Waals surface area contributed by atoms with Gasteiger partial charge in [-0.15, -0.1) is 0 Å². The molecule has 52 valence electrons. The fourth-order valence-electron chi connectivity index (χ4n) is 1.72. The van der Waals surface area contributed by atoms with Crippen molar-refractivity contribution in [2.45, 2.75) is 37.8 Å². The summed E-state index contributed by atoms with van der Waals surface area (Å²) in [6.07, 6.45) is 6.53. The molecule has 1 aliphatic carbocycles. The van der Waals surface area contributed by atoms with Gasteiger partial charge in [-0.2, -0.15) is 0 Å². The first-order chi connectivity index (χ1) is 4.41. The second-order valence-corrected chi connectivity index (χ2v) is 3.02. The third-order valence-corrected chi connectivity index (χ3v) is 2.40. The average Bonchev–Trinajstić information content (AvgIpc) is 1.87. The molecular formula is C7H13NO. The van der Waals surface area contributed by atoms with Crippen LogP contribution in [-0.2, 0) is 4.74 Å². The smallest absolute Gasteiger partial charge is 0.122 e. The molecule has 0 aromatic heterocycles. The summed E-state index contributed by atoms with van der Waals surface area (Å²) in [6, 6.07) is 0. The van der Waals surface area contributed by atoms with Crippen molar-refractivity contribution in [2.24, 2.45) is 0 Å². The van der Waals surface area contributed by atoms with Crippen molar-refractivity contribution in [2.75, 3.05) is 6.73 Å². The van der Waals surface area contributed by atoms with Gasteiger partial charge >= 0.3 is 0 Å². The Hall–Kier alpha value is -0.0800. The van der Waals surface area contributed by atoms with Crippen LogP contribution in [0.3, 0.4) is 0 Å². The normalized spacial score (nSPS) is 32.0. The van der Waals surface area contributed by atoms with Gasteiger partial charge < -0.3 is 4.74 Å². The van der Waals surface area contributed by atoms with E-state index in [0.717, 1.165) is 6.73 Å². The van der Waals surface area contributed by atoms with Crippen molar-refractivity contribution in [3.8, 4) is 0 Å². The van der Waals surface area contributed by atoms with E-state index in [9.17, 15) is 0 Å². The highest BCUT2D eigenvalue weighted by atomic mass is 16.6. The van der Waals surface area contributed by atoms with Gasteiger partial charge in [0, 0.05) is 0 Å². The number of hydrogen-bond donors (Lipinski definition) is 1. The molecular weight excluding hydrogens is 114 g/mol. The van der Waals surface area contributed by atoms with Gasteiger partial charge in [0.25, 0.3) is 0 Å². The Morgan fingerprint density at radius 1 is 1.11 bits per heavy atom. The number of rotatable bonds is 0. The first kappa shape index (κ1) is 5.69. The van der Waals surface area contributed by atoms with Crippen LogP contribution in [0.4, 0.5) is 0 Å². The molecule has 0 amide bonds. The second kappa shape index (κ2) is 1.96. The first-order valence-corrected chi connectivity index (χ1v) is 3.80. The number of ether oxygens (including phenoxy) is 1. The van der Waals surface area contributed by atoms with E-state index < -0.39 is 0 Å². The number of nitrogens with one attached hydrogen (secondary N) is 1. The summed E-state index contributed by atoms with van der Waals surface area (Å²) in [5, 5.41) is 3.34. The van der Waals surface area contributed by atoms with Crippen LogP contribution < -0.4 is 5.32 Å². The molecule has 2 rings (SSSR count). The quantitative estimate of drug-likeness (QED) is 0.528. The lowest BCUT2D eigenvalue weighted by molar-refractivity contribution is -0.199. The summed E-state index contributed by atoms with van der Waals surface area (Å²) in [6.45, 7) is 0.778. The van der Waals surface area contributed by atoms with Crippen molar-refractivity contribution in [3.63, 3.8) is 0 Å². The summed E-state index contributed by atoms with van der Waals surface area (Å²) >= 11 is 0. The average molecular weight is 127 g/mol. The Labute approximate surface area is 55.6 Å². The maximum absolute atomic E-state index is 5.45. The fourth-order valence-corrected chi connectivity index (χ4v) is 1.72. The van der Waals surface area contributed by atoms with Crippen LogP contribution in [0.1, 0.15) is 32.1 Å². The molecule has 0 aromatic carbocycles. The molecule has 0 radical (unpaired) electrons. The van der Waals surface area contributed by atoms with Crippen molar-refractivity contribution >= 4 is 0 Å². The Morgan fingerprint density at radius 3 is 2.11 bits per heavy atom. The van der Waals surface area contributed by atoms with E-state index in [1.165, 1.54) is 32.1 Å². The SMILES string of the molecule is C1CCC2(CC1)NCO2. The van der Waals surface area contributed by atoms with Gasteiger partial charge in [-0.3, -0.25) is 5.32 Å². The summed E-state index contributed by atoms with van der Waals surface area (Å²) < 4.78 is 5.45. The molecule has 9 heavy (non-hydrogen) atoms. The highest BCUT2D eigenvalue weighted by Crippen LogP contribution is 2.32. The van der Waals surface area contributed by atoms with E-state index in [-0.39, 0.29) is 5.72 Å². The third-order valence-electron chi connectivity index (χ3n) is 2.40. The number of hydrogen-bond acceptors (Lipinski definition) is 2. The molecule has 0 unspecified atom stereocenters.